The summed E-state index contributed by atoms with van der Waals surface area (Å²) in [4.78, 5) is 30.8. The number of ketones is 1. The van der Waals surface area contributed by atoms with E-state index in [1.807, 2.05) is 38.1 Å². The van der Waals surface area contributed by atoms with E-state index in [0.717, 1.165) is 24.1 Å². The third kappa shape index (κ3) is 3.89. The van der Waals surface area contributed by atoms with E-state index in [9.17, 15) is 9.59 Å². The van der Waals surface area contributed by atoms with Gasteiger partial charge in [0.2, 0.25) is 0 Å². The normalized spacial score (nSPS) is 23.8. The molecular weight excluding hydrogens is 354 g/mol. The van der Waals surface area contributed by atoms with Crippen molar-refractivity contribution in [2.45, 2.75) is 52.9 Å². The van der Waals surface area contributed by atoms with Gasteiger partial charge in [0.25, 0.3) is 0 Å². The second-order valence-corrected chi connectivity index (χ2v) is 8.45. The van der Waals surface area contributed by atoms with Gasteiger partial charge < -0.3 is 9.47 Å². The average molecular weight is 383 g/mol. The van der Waals surface area contributed by atoms with E-state index in [1.54, 1.807) is 7.11 Å². The minimum atomic E-state index is -0.595. The zero-order chi connectivity index (χ0) is 20.5. The Kier molecular flexibility index (Phi) is 5.73. The average Bonchev–Trinajstić information content (AvgIpc) is 2.64. The van der Waals surface area contributed by atoms with Gasteiger partial charge in [0, 0.05) is 29.3 Å². The Bertz CT molecular complexity index is 850. The van der Waals surface area contributed by atoms with Gasteiger partial charge in [-0.15, -0.1) is 0 Å². The molecule has 0 radical (unpaired) electrons. The second kappa shape index (κ2) is 7.90. The van der Waals surface area contributed by atoms with Crippen molar-refractivity contribution in [1.29, 1.82) is 0 Å². The molecule has 1 heterocycles. The van der Waals surface area contributed by atoms with E-state index in [-0.39, 0.29) is 17.2 Å². The first kappa shape index (κ1) is 20.3. The molecule has 0 N–H and O–H groups in total. The summed E-state index contributed by atoms with van der Waals surface area (Å²) in [5.74, 6) is -0.536. The topological polar surface area (TPSA) is 65.0 Å². The number of Topliss-reactive ketones (excluding diaryl/α,β-unsaturated/α-hetero) is 1. The number of nitrogens with zero attached hydrogens (tertiary/aromatic N) is 1. The summed E-state index contributed by atoms with van der Waals surface area (Å²) in [6, 6.07) is 7.60. The third-order valence-corrected chi connectivity index (χ3v) is 5.46. The first-order valence-electron chi connectivity index (χ1n) is 9.89. The maximum absolute atomic E-state index is 13.2. The lowest BCUT2D eigenvalue weighted by Gasteiger charge is -2.39. The molecule has 2 aliphatic rings. The number of carbonyl (C=O) groups is 2. The summed E-state index contributed by atoms with van der Waals surface area (Å²) in [6.45, 7) is 8.35. The second-order valence-electron chi connectivity index (χ2n) is 8.45. The molecule has 28 heavy (non-hydrogen) atoms. The fourth-order valence-corrected chi connectivity index (χ4v) is 4.24. The van der Waals surface area contributed by atoms with Crippen LogP contribution in [0.2, 0.25) is 0 Å². The first-order valence-corrected chi connectivity index (χ1v) is 9.89. The fraction of sp³-hybridized carbons (Fsp3) is 0.522. The number of hydrogen-bond donors (Lipinski definition) is 0. The number of benzene rings is 1. The molecule has 1 aromatic rings. The van der Waals surface area contributed by atoms with E-state index in [4.69, 9.17) is 14.5 Å². The highest BCUT2D eigenvalue weighted by Crippen LogP contribution is 2.48. The van der Waals surface area contributed by atoms with Crippen LogP contribution >= 0.6 is 0 Å². The number of aliphatic imine (C=N–C) groups is 1. The lowest BCUT2D eigenvalue weighted by molar-refractivity contribution is -0.146. The Hall–Kier alpha value is -2.43. The molecule has 3 rings (SSSR count). The van der Waals surface area contributed by atoms with Gasteiger partial charge in [-0.05, 0) is 42.9 Å². The highest BCUT2D eigenvalue weighted by molar-refractivity contribution is 6.09. The predicted molar refractivity (Wildman–Crippen MR) is 109 cm³/mol. The molecule has 5 heteroatoms. The number of methoxy groups -OCH3 is 1. The molecule has 1 aromatic carbocycles. The Morgan fingerprint density at radius 1 is 1.29 bits per heavy atom. The number of rotatable bonds is 5. The summed E-state index contributed by atoms with van der Waals surface area (Å²) in [5, 5.41) is 0. The lowest BCUT2D eigenvalue weighted by Crippen LogP contribution is -2.39. The smallest absolute Gasteiger partial charge is 0.315 e. The van der Waals surface area contributed by atoms with Gasteiger partial charge in [-0.3, -0.25) is 14.6 Å². The van der Waals surface area contributed by atoms with Gasteiger partial charge in [-0.1, -0.05) is 32.9 Å². The SMILES string of the molecule is CCCOC(=O)C1C(C)=NC2=C(C(=O)CC(C)(C)C2)[C@H]1c1cccc(OC)c1. The minimum absolute atomic E-state index is 0.0728. The summed E-state index contributed by atoms with van der Waals surface area (Å²) in [7, 11) is 1.61. The monoisotopic (exact) mass is 383 g/mol. The van der Waals surface area contributed by atoms with Crippen molar-refractivity contribution >= 4 is 17.5 Å². The van der Waals surface area contributed by atoms with Crippen molar-refractivity contribution in [2.75, 3.05) is 13.7 Å². The standard InChI is InChI=1S/C23H29NO4/c1-6-10-28-22(26)19-14(2)24-17-12-23(3,4)13-18(25)21(17)20(19)15-8-7-9-16(11-15)27-5/h7-9,11,19-20H,6,10,12-13H2,1-5H3/t19?,20-/m0/s1. The van der Waals surface area contributed by atoms with Crippen molar-refractivity contribution in [1.82, 2.24) is 0 Å². The van der Waals surface area contributed by atoms with Crippen LogP contribution in [0.3, 0.4) is 0 Å². The van der Waals surface area contributed by atoms with Crippen LogP contribution < -0.4 is 4.74 Å². The molecule has 0 bridgehead atoms. The molecule has 1 aliphatic carbocycles. The van der Waals surface area contributed by atoms with Crippen LogP contribution in [0.4, 0.5) is 0 Å². The predicted octanol–water partition coefficient (Wildman–Crippen LogP) is 4.47. The van der Waals surface area contributed by atoms with E-state index < -0.39 is 11.8 Å². The zero-order valence-corrected chi connectivity index (χ0v) is 17.4. The molecule has 0 amide bonds. The molecule has 0 aromatic heterocycles. The number of ether oxygens (including phenoxy) is 2. The van der Waals surface area contributed by atoms with Crippen molar-refractivity contribution in [2.24, 2.45) is 16.3 Å². The highest BCUT2D eigenvalue weighted by Gasteiger charge is 2.46. The first-order chi connectivity index (χ1) is 13.3. The Morgan fingerprint density at radius 3 is 2.71 bits per heavy atom. The molecule has 0 fully saturated rings. The number of allylic oxidation sites excluding steroid dienone is 2. The summed E-state index contributed by atoms with van der Waals surface area (Å²) >= 11 is 0. The number of carbonyl (C=O) groups excluding carboxylic acids is 2. The van der Waals surface area contributed by atoms with Crippen LogP contribution in [-0.2, 0) is 14.3 Å². The van der Waals surface area contributed by atoms with Gasteiger partial charge in [-0.2, -0.15) is 0 Å². The van der Waals surface area contributed by atoms with Gasteiger partial charge in [0.15, 0.2) is 5.78 Å². The summed E-state index contributed by atoms with van der Waals surface area (Å²) in [6.07, 6.45) is 1.93. The maximum atomic E-state index is 13.2. The molecule has 0 spiro atoms. The van der Waals surface area contributed by atoms with Gasteiger partial charge in [-0.25, -0.2) is 0 Å². The van der Waals surface area contributed by atoms with Crippen molar-refractivity contribution in [3.63, 3.8) is 0 Å². The molecule has 5 nitrogen and oxygen atoms in total. The zero-order valence-electron chi connectivity index (χ0n) is 17.4. The molecule has 0 saturated heterocycles. The third-order valence-electron chi connectivity index (χ3n) is 5.46. The fourth-order valence-electron chi connectivity index (χ4n) is 4.24. The quantitative estimate of drug-likeness (QED) is 0.704. The summed E-state index contributed by atoms with van der Waals surface area (Å²) < 4.78 is 10.9. The molecule has 2 atom stereocenters. The van der Waals surface area contributed by atoms with Crippen LogP contribution in [0, 0.1) is 11.3 Å². The molecule has 0 saturated carbocycles. The van der Waals surface area contributed by atoms with Gasteiger partial charge >= 0.3 is 5.97 Å². The van der Waals surface area contributed by atoms with Crippen molar-refractivity contribution in [3.8, 4) is 5.75 Å². The molecule has 150 valence electrons. The van der Waals surface area contributed by atoms with Crippen LogP contribution in [0.1, 0.15) is 58.4 Å². The van der Waals surface area contributed by atoms with Crippen LogP contribution in [0.15, 0.2) is 40.5 Å². The van der Waals surface area contributed by atoms with Crippen LogP contribution in [0.25, 0.3) is 0 Å². The van der Waals surface area contributed by atoms with E-state index in [0.29, 0.717) is 30.1 Å². The maximum Gasteiger partial charge on any atom is 0.315 e. The van der Waals surface area contributed by atoms with Crippen LogP contribution in [0.5, 0.6) is 5.75 Å². The highest BCUT2D eigenvalue weighted by atomic mass is 16.5. The molecule has 1 aliphatic heterocycles. The Balaban J connectivity index is 2.14. The Morgan fingerprint density at radius 2 is 2.04 bits per heavy atom. The van der Waals surface area contributed by atoms with Crippen molar-refractivity contribution < 1.29 is 19.1 Å². The number of esters is 1. The number of hydrogen-bond acceptors (Lipinski definition) is 5. The Labute approximate surface area is 166 Å². The lowest BCUT2D eigenvalue weighted by atomic mass is 9.67. The van der Waals surface area contributed by atoms with Gasteiger partial charge in [0.05, 0.1) is 13.7 Å². The van der Waals surface area contributed by atoms with E-state index >= 15 is 0 Å². The van der Waals surface area contributed by atoms with Crippen molar-refractivity contribution in [3.05, 3.63) is 41.1 Å². The van der Waals surface area contributed by atoms with E-state index in [1.165, 1.54) is 0 Å². The minimum Gasteiger partial charge on any atom is -0.497 e. The molecular formula is C23H29NO4. The molecule has 1 unspecified atom stereocenters. The van der Waals surface area contributed by atoms with Crippen LogP contribution in [-0.4, -0.2) is 31.2 Å². The largest absolute Gasteiger partial charge is 0.497 e. The summed E-state index contributed by atoms with van der Waals surface area (Å²) in [5.41, 5.74) is 2.93. The van der Waals surface area contributed by atoms with Gasteiger partial charge in [0.1, 0.15) is 11.7 Å². The van der Waals surface area contributed by atoms with E-state index in [2.05, 4.69) is 13.8 Å².